The second-order valence-corrected chi connectivity index (χ2v) is 7.35. The molecule has 1 saturated heterocycles. The lowest BCUT2D eigenvalue weighted by Crippen LogP contribution is -2.35. The number of fused-ring (bicyclic) bond motifs is 3. The number of ketones is 1. The molecule has 2 aliphatic rings. The highest BCUT2D eigenvalue weighted by molar-refractivity contribution is 6.22. The first-order valence-corrected chi connectivity index (χ1v) is 10.1. The van der Waals surface area contributed by atoms with Gasteiger partial charge < -0.3 is 14.8 Å². The molecule has 1 fully saturated rings. The lowest BCUT2D eigenvalue weighted by atomic mass is 10.0. The monoisotopic (exact) mass is 365 g/mol. The first-order valence-electron chi connectivity index (χ1n) is 10.1. The zero-order valence-electron chi connectivity index (χ0n) is 15.9. The van der Waals surface area contributed by atoms with E-state index in [9.17, 15) is 4.79 Å². The van der Waals surface area contributed by atoms with E-state index in [0.717, 1.165) is 47.6 Å². The fraction of sp³-hybridized carbons (Fsp3) is 0.435. The molecule has 4 nitrogen and oxygen atoms in total. The van der Waals surface area contributed by atoms with Crippen molar-refractivity contribution in [2.24, 2.45) is 0 Å². The Balaban J connectivity index is 1.53. The molecule has 0 aromatic heterocycles. The summed E-state index contributed by atoms with van der Waals surface area (Å²) in [6.07, 6.45) is 5.72. The van der Waals surface area contributed by atoms with Gasteiger partial charge in [0.25, 0.3) is 0 Å². The minimum absolute atomic E-state index is 0.0568. The van der Waals surface area contributed by atoms with Gasteiger partial charge in [-0.05, 0) is 62.1 Å². The normalized spacial score (nSPS) is 18.1. The van der Waals surface area contributed by atoms with Crippen LogP contribution in [0.1, 0.15) is 54.9 Å². The molecule has 0 saturated carbocycles. The molecule has 2 aromatic rings. The van der Waals surface area contributed by atoms with Crippen molar-refractivity contribution in [2.75, 3.05) is 19.8 Å². The molecule has 2 aromatic carbocycles. The molecule has 1 aliphatic heterocycles. The van der Waals surface area contributed by atoms with Gasteiger partial charge in [0.05, 0.1) is 13.2 Å². The second kappa shape index (κ2) is 8.13. The van der Waals surface area contributed by atoms with Crippen molar-refractivity contribution in [1.29, 1.82) is 0 Å². The maximum atomic E-state index is 12.9. The standard InChI is InChI=1S/C23H27NO3/c1-2-13-26-17-9-10-18-20(15-17)23(25)19-7-5-8-21(22(18)19)27-14-11-16-6-3-4-12-24-16/h5,7-10,15-16,24H,2-4,6,11-14H2,1H3. The van der Waals surface area contributed by atoms with Gasteiger partial charge in [0.1, 0.15) is 11.5 Å². The van der Waals surface area contributed by atoms with Crippen molar-refractivity contribution < 1.29 is 14.3 Å². The first-order chi connectivity index (χ1) is 13.3. The Morgan fingerprint density at radius 3 is 2.78 bits per heavy atom. The second-order valence-electron chi connectivity index (χ2n) is 7.35. The summed E-state index contributed by atoms with van der Waals surface area (Å²) in [5.74, 6) is 1.61. The quantitative estimate of drug-likeness (QED) is 0.665. The molecule has 1 atom stereocenters. The van der Waals surface area contributed by atoms with Crippen LogP contribution in [0.2, 0.25) is 0 Å². The van der Waals surface area contributed by atoms with Crippen LogP contribution < -0.4 is 14.8 Å². The number of ether oxygens (including phenoxy) is 2. The fourth-order valence-corrected chi connectivity index (χ4v) is 3.98. The lowest BCUT2D eigenvalue weighted by Gasteiger charge is -2.23. The number of hydrogen-bond donors (Lipinski definition) is 1. The molecule has 1 aliphatic carbocycles. The Morgan fingerprint density at radius 1 is 1.04 bits per heavy atom. The third-order valence-electron chi connectivity index (χ3n) is 5.38. The van der Waals surface area contributed by atoms with Gasteiger partial charge in [-0.1, -0.05) is 25.5 Å². The number of hydrogen-bond acceptors (Lipinski definition) is 4. The molecule has 0 amide bonds. The Morgan fingerprint density at radius 2 is 1.96 bits per heavy atom. The van der Waals surface area contributed by atoms with Crippen molar-refractivity contribution in [3.8, 4) is 22.6 Å². The zero-order valence-corrected chi connectivity index (χ0v) is 15.9. The van der Waals surface area contributed by atoms with E-state index in [4.69, 9.17) is 9.47 Å². The Hall–Kier alpha value is -2.33. The van der Waals surface area contributed by atoms with E-state index in [0.29, 0.717) is 24.8 Å². The molecule has 1 N–H and O–H groups in total. The number of rotatable bonds is 7. The minimum Gasteiger partial charge on any atom is -0.494 e. The van der Waals surface area contributed by atoms with Crippen molar-refractivity contribution in [3.05, 3.63) is 47.5 Å². The van der Waals surface area contributed by atoms with Crippen LogP contribution in [0.25, 0.3) is 11.1 Å². The van der Waals surface area contributed by atoms with Gasteiger partial charge in [-0.25, -0.2) is 0 Å². The van der Waals surface area contributed by atoms with Crippen LogP contribution in [0.3, 0.4) is 0 Å². The molecule has 0 spiro atoms. The average Bonchev–Trinajstić information content (AvgIpc) is 3.00. The molecular formula is C23H27NO3. The van der Waals surface area contributed by atoms with Crippen LogP contribution >= 0.6 is 0 Å². The van der Waals surface area contributed by atoms with Gasteiger partial charge in [-0.2, -0.15) is 0 Å². The first kappa shape index (κ1) is 18.1. The van der Waals surface area contributed by atoms with Crippen molar-refractivity contribution in [3.63, 3.8) is 0 Å². The highest BCUT2D eigenvalue weighted by Gasteiger charge is 2.30. The number of carbonyl (C=O) groups is 1. The van der Waals surface area contributed by atoms with Gasteiger partial charge in [0, 0.05) is 22.7 Å². The molecule has 142 valence electrons. The predicted octanol–water partition coefficient (Wildman–Crippen LogP) is 4.60. The Kier molecular flexibility index (Phi) is 5.44. The third kappa shape index (κ3) is 3.72. The van der Waals surface area contributed by atoms with Crippen molar-refractivity contribution in [2.45, 2.75) is 45.1 Å². The number of carbonyl (C=O) groups excluding carboxylic acids is 1. The fourth-order valence-electron chi connectivity index (χ4n) is 3.98. The molecule has 0 bridgehead atoms. The molecule has 0 radical (unpaired) electrons. The lowest BCUT2D eigenvalue weighted by molar-refractivity contribution is 0.104. The zero-order chi connectivity index (χ0) is 18.6. The summed E-state index contributed by atoms with van der Waals surface area (Å²) >= 11 is 0. The summed E-state index contributed by atoms with van der Waals surface area (Å²) in [4.78, 5) is 12.9. The summed E-state index contributed by atoms with van der Waals surface area (Å²) in [7, 11) is 0. The largest absolute Gasteiger partial charge is 0.494 e. The van der Waals surface area contributed by atoms with E-state index in [2.05, 4.69) is 12.2 Å². The van der Waals surface area contributed by atoms with Gasteiger partial charge in [-0.15, -0.1) is 0 Å². The van der Waals surface area contributed by atoms with Crippen LogP contribution in [0.15, 0.2) is 36.4 Å². The maximum Gasteiger partial charge on any atom is 0.194 e. The van der Waals surface area contributed by atoms with Gasteiger partial charge in [0.15, 0.2) is 5.78 Å². The molecule has 4 heteroatoms. The van der Waals surface area contributed by atoms with E-state index >= 15 is 0 Å². The SMILES string of the molecule is CCCOc1ccc2c(c1)C(=O)c1cccc(OCCC3CCCCN3)c1-2. The van der Waals surface area contributed by atoms with Gasteiger partial charge in [0.2, 0.25) is 0 Å². The van der Waals surface area contributed by atoms with Crippen molar-refractivity contribution >= 4 is 5.78 Å². The van der Waals surface area contributed by atoms with E-state index in [1.54, 1.807) is 0 Å². The molecule has 27 heavy (non-hydrogen) atoms. The summed E-state index contributed by atoms with van der Waals surface area (Å²) < 4.78 is 11.8. The third-order valence-corrected chi connectivity index (χ3v) is 5.38. The molecule has 1 heterocycles. The predicted molar refractivity (Wildman–Crippen MR) is 107 cm³/mol. The van der Waals surface area contributed by atoms with E-state index in [1.165, 1.54) is 19.3 Å². The molecule has 1 unspecified atom stereocenters. The van der Waals surface area contributed by atoms with E-state index < -0.39 is 0 Å². The molecule has 4 rings (SSSR count). The van der Waals surface area contributed by atoms with Crippen molar-refractivity contribution in [1.82, 2.24) is 5.32 Å². The van der Waals surface area contributed by atoms with Crippen LogP contribution in [0, 0.1) is 0 Å². The van der Waals surface area contributed by atoms with Crippen LogP contribution in [0.5, 0.6) is 11.5 Å². The highest BCUT2D eigenvalue weighted by Crippen LogP contribution is 2.43. The summed E-state index contributed by atoms with van der Waals surface area (Å²) in [5, 5.41) is 3.56. The van der Waals surface area contributed by atoms with Crippen LogP contribution in [0.4, 0.5) is 0 Å². The Bertz CT molecular complexity index is 824. The number of piperidine rings is 1. The van der Waals surface area contributed by atoms with Crippen LogP contribution in [-0.4, -0.2) is 31.6 Å². The highest BCUT2D eigenvalue weighted by atomic mass is 16.5. The van der Waals surface area contributed by atoms with E-state index in [1.807, 2.05) is 36.4 Å². The Labute approximate surface area is 160 Å². The summed E-state index contributed by atoms with van der Waals surface area (Å²) in [6, 6.07) is 12.1. The minimum atomic E-state index is 0.0568. The van der Waals surface area contributed by atoms with Crippen LogP contribution in [-0.2, 0) is 0 Å². The smallest absolute Gasteiger partial charge is 0.194 e. The average molecular weight is 365 g/mol. The maximum absolute atomic E-state index is 12.9. The number of nitrogens with one attached hydrogen (secondary N) is 1. The number of benzene rings is 2. The van der Waals surface area contributed by atoms with Gasteiger partial charge in [-0.3, -0.25) is 4.79 Å². The van der Waals surface area contributed by atoms with E-state index in [-0.39, 0.29) is 5.78 Å². The van der Waals surface area contributed by atoms with Gasteiger partial charge >= 0.3 is 0 Å². The topological polar surface area (TPSA) is 47.6 Å². The molecular weight excluding hydrogens is 338 g/mol. The summed E-state index contributed by atoms with van der Waals surface area (Å²) in [6.45, 7) is 4.50. The summed E-state index contributed by atoms with van der Waals surface area (Å²) in [5.41, 5.74) is 3.32.